The molecule has 0 unspecified atom stereocenters. The minimum Gasteiger partial charge on any atom is -0.466 e. The average molecular weight is 386 g/mol. The zero-order chi connectivity index (χ0) is 20.1. The number of hydrogen-bond donors (Lipinski definition) is 1. The molecule has 0 aromatic heterocycles. The van der Waals surface area contributed by atoms with Gasteiger partial charge in [-0.15, -0.1) is 0 Å². The molecule has 3 rings (SSSR count). The van der Waals surface area contributed by atoms with Crippen LogP contribution in [0.4, 0.5) is 21.5 Å². The summed E-state index contributed by atoms with van der Waals surface area (Å²) in [6.45, 7) is -0.0859. The molecule has 0 radical (unpaired) electrons. The van der Waals surface area contributed by atoms with Crippen LogP contribution < -0.4 is 10.2 Å². The van der Waals surface area contributed by atoms with Gasteiger partial charge in [0.05, 0.1) is 43.5 Å². The van der Waals surface area contributed by atoms with Gasteiger partial charge in [0.25, 0.3) is 0 Å². The fourth-order valence-corrected chi connectivity index (χ4v) is 2.86. The third kappa shape index (κ3) is 3.81. The number of hydrogen-bond acceptors (Lipinski definition) is 7. The number of nitrogens with one attached hydrogen (secondary N) is 1. The number of carbonyl (C=O) groups excluding carboxylic acids is 2. The third-order valence-corrected chi connectivity index (χ3v) is 4.17. The van der Waals surface area contributed by atoms with Crippen LogP contribution in [0, 0.1) is 5.82 Å². The molecule has 146 valence electrons. The molecule has 2 aromatic rings. The fraction of sp³-hybridized carbons (Fsp3) is 0.200. The Bertz CT molecular complexity index is 928. The molecule has 0 saturated carbocycles. The molecule has 0 spiro atoms. The largest absolute Gasteiger partial charge is 0.466 e. The second-order valence-corrected chi connectivity index (χ2v) is 5.84. The highest BCUT2D eigenvalue weighted by Gasteiger charge is 2.33. The monoisotopic (exact) mass is 386 g/mol. The molecule has 0 aliphatic carbocycles. The van der Waals surface area contributed by atoms with Crippen molar-refractivity contribution in [1.29, 1.82) is 0 Å². The SMILES string of the molecule is COC(=O)C1=C(C(=O)OC)N(c2ccccc2Nc2ccccc2F)COC1. The van der Waals surface area contributed by atoms with Crippen molar-refractivity contribution >= 4 is 29.0 Å². The lowest BCUT2D eigenvalue weighted by Gasteiger charge is -2.32. The smallest absolute Gasteiger partial charge is 0.355 e. The van der Waals surface area contributed by atoms with E-state index in [9.17, 15) is 14.0 Å². The van der Waals surface area contributed by atoms with Gasteiger partial charge in [0.2, 0.25) is 0 Å². The van der Waals surface area contributed by atoms with Crippen molar-refractivity contribution in [3.05, 3.63) is 65.6 Å². The number of rotatable bonds is 5. The minimum atomic E-state index is -0.704. The van der Waals surface area contributed by atoms with E-state index in [0.29, 0.717) is 11.4 Å². The predicted molar refractivity (Wildman–Crippen MR) is 100 cm³/mol. The molecule has 8 heteroatoms. The summed E-state index contributed by atoms with van der Waals surface area (Å²) >= 11 is 0. The number of benzene rings is 2. The molecule has 28 heavy (non-hydrogen) atoms. The highest BCUT2D eigenvalue weighted by Crippen LogP contribution is 2.34. The van der Waals surface area contributed by atoms with Crippen molar-refractivity contribution in [3.63, 3.8) is 0 Å². The first kappa shape index (κ1) is 19.4. The first-order valence-electron chi connectivity index (χ1n) is 8.42. The Kier molecular flexibility index (Phi) is 5.90. The number of ether oxygens (including phenoxy) is 3. The van der Waals surface area contributed by atoms with Crippen molar-refractivity contribution in [2.24, 2.45) is 0 Å². The summed E-state index contributed by atoms with van der Waals surface area (Å²) in [7, 11) is 2.44. The van der Waals surface area contributed by atoms with Gasteiger partial charge in [-0.3, -0.25) is 0 Å². The molecule has 1 aliphatic heterocycles. The Balaban J connectivity index is 2.08. The Labute approximate surface area is 161 Å². The van der Waals surface area contributed by atoms with Crippen LogP contribution in [0.5, 0.6) is 0 Å². The lowest BCUT2D eigenvalue weighted by Crippen LogP contribution is -2.39. The van der Waals surface area contributed by atoms with Gasteiger partial charge >= 0.3 is 11.9 Å². The van der Waals surface area contributed by atoms with Crippen molar-refractivity contribution in [3.8, 4) is 0 Å². The van der Waals surface area contributed by atoms with Crippen LogP contribution in [-0.2, 0) is 23.8 Å². The van der Waals surface area contributed by atoms with Gasteiger partial charge in [-0.2, -0.15) is 0 Å². The fourth-order valence-electron chi connectivity index (χ4n) is 2.86. The molecular formula is C20H19FN2O5. The van der Waals surface area contributed by atoms with E-state index in [4.69, 9.17) is 14.2 Å². The van der Waals surface area contributed by atoms with Crippen molar-refractivity contribution in [1.82, 2.24) is 0 Å². The minimum absolute atomic E-state index is 0.000886. The van der Waals surface area contributed by atoms with Gasteiger partial charge in [0.1, 0.15) is 18.2 Å². The molecule has 0 saturated heterocycles. The van der Waals surface area contributed by atoms with Gasteiger partial charge in [-0.1, -0.05) is 24.3 Å². The second kappa shape index (κ2) is 8.53. The number of esters is 2. The number of methoxy groups -OCH3 is 2. The molecule has 7 nitrogen and oxygen atoms in total. The molecule has 1 N–H and O–H groups in total. The highest BCUT2D eigenvalue weighted by atomic mass is 19.1. The Morgan fingerprint density at radius 1 is 1.00 bits per heavy atom. The van der Waals surface area contributed by atoms with E-state index in [-0.39, 0.29) is 30.3 Å². The molecule has 0 fully saturated rings. The predicted octanol–water partition coefficient (Wildman–Crippen LogP) is 2.96. The van der Waals surface area contributed by atoms with Crippen molar-refractivity contribution < 1.29 is 28.2 Å². The number of para-hydroxylation sites is 3. The normalized spacial score (nSPS) is 13.9. The first-order valence-corrected chi connectivity index (χ1v) is 8.42. The van der Waals surface area contributed by atoms with Crippen molar-refractivity contribution in [2.45, 2.75) is 0 Å². The van der Waals surface area contributed by atoms with Gasteiger partial charge in [0, 0.05) is 0 Å². The third-order valence-electron chi connectivity index (χ3n) is 4.17. The topological polar surface area (TPSA) is 77.1 Å². The van der Waals surface area contributed by atoms with Crippen LogP contribution in [0.25, 0.3) is 0 Å². The molecular weight excluding hydrogens is 367 g/mol. The maximum atomic E-state index is 14.1. The number of nitrogens with zero attached hydrogens (tertiary/aromatic N) is 1. The molecule has 1 aliphatic rings. The van der Waals surface area contributed by atoms with E-state index in [1.54, 1.807) is 42.5 Å². The number of halogens is 1. The van der Waals surface area contributed by atoms with Gasteiger partial charge < -0.3 is 24.4 Å². The lowest BCUT2D eigenvalue weighted by molar-refractivity contribution is -0.140. The first-order chi connectivity index (χ1) is 13.6. The second-order valence-electron chi connectivity index (χ2n) is 5.84. The lowest BCUT2D eigenvalue weighted by atomic mass is 10.1. The zero-order valence-corrected chi connectivity index (χ0v) is 15.4. The van der Waals surface area contributed by atoms with E-state index in [1.807, 2.05) is 0 Å². The molecule has 1 heterocycles. The van der Waals surface area contributed by atoms with Gasteiger partial charge in [-0.25, -0.2) is 14.0 Å². The average Bonchev–Trinajstić information content (AvgIpc) is 2.74. The number of carbonyl (C=O) groups is 2. The highest BCUT2D eigenvalue weighted by molar-refractivity contribution is 6.04. The quantitative estimate of drug-likeness (QED) is 0.792. The van der Waals surface area contributed by atoms with Crippen LogP contribution in [-0.4, -0.2) is 39.5 Å². The molecule has 0 atom stereocenters. The maximum Gasteiger partial charge on any atom is 0.355 e. The van der Waals surface area contributed by atoms with Gasteiger partial charge in [0.15, 0.2) is 0 Å². The van der Waals surface area contributed by atoms with E-state index < -0.39 is 17.8 Å². The Morgan fingerprint density at radius 2 is 1.64 bits per heavy atom. The Morgan fingerprint density at radius 3 is 2.32 bits per heavy atom. The zero-order valence-electron chi connectivity index (χ0n) is 15.4. The summed E-state index contributed by atoms with van der Waals surface area (Å²) < 4.78 is 29.2. The Hall–Kier alpha value is -3.39. The van der Waals surface area contributed by atoms with Crippen LogP contribution >= 0.6 is 0 Å². The van der Waals surface area contributed by atoms with Crippen molar-refractivity contribution in [2.75, 3.05) is 37.8 Å². The molecule has 0 amide bonds. The van der Waals surface area contributed by atoms with Gasteiger partial charge in [-0.05, 0) is 24.3 Å². The molecule has 2 aromatic carbocycles. The van der Waals surface area contributed by atoms with Crippen LogP contribution in [0.3, 0.4) is 0 Å². The summed E-state index contributed by atoms with van der Waals surface area (Å²) in [5, 5.41) is 3.01. The van der Waals surface area contributed by atoms with E-state index in [1.165, 1.54) is 25.2 Å². The van der Waals surface area contributed by atoms with E-state index in [2.05, 4.69) is 5.32 Å². The summed E-state index contributed by atoms with van der Waals surface area (Å²) in [6.07, 6.45) is 0. The summed E-state index contributed by atoms with van der Waals surface area (Å²) in [4.78, 5) is 26.1. The van der Waals surface area contributed by atoms with Crippen LogP contribution in [0.2, 0.25) is 0 Å². The van der Waals surface area contributed by atoms with Crippen LogP contribution in [0.1, 0.15) is 0 Å². The number of anilines is 3. The summed E-state index contributed by atoms with van der Waals surface area (Å²) in [5.74, 6) is -1.82. The summed E-state index contributed by atoms with van der Waals surface area (Å²) in [5.41, 5.74) is 1.35. The van der Waals surface area contributed by atoms with E-state index in [0.717, 1.165) is 0 Å². The van der Waals surface area contributed by atoms with Crippen LogP contribution in [0.15, 0.2) is 59.8 Å². The standard InChI is InChI=1S/C20H19FN2O5/c1-26-19(24)13-11-28-12-23(18(13)20(25)27-2)17-10-6-5-9-16(17)22-15-8-4-3-7-14(15)21/h3-10,22H,11-12H2,1-2H3. The summed E-state index contributed by atoms with van der Waals surface area (Å²) in [6, 6.07) is 13.2. The van der Waals surface area contributed by atoms with E-state index >= 15 is 0 Å². The molecule has 0 bridgehead atoms. The maximum absolute atomic E-state index is 14.1.